The van der Waals surface area contributed by atoms with Gasteiger partial charge in [-0.1, -0.05) is 19.0 Å². The van der Waals surface area contributed by atoms with Gasteiger partial charge in [0.25, 0.3) is 5.91 Å². The molecule has 3 rings (SSSR count). The summed E-state index contributed by atoms with van der Waals surface area (Å²) in [5, 5.41) is 10.9. The lowest BCUT2D eigenvalue weighted by molar-refractivity contribution is 0.0749. The molecule has 1 atom stereocenters. The summed E-state index contributed by atoms with van der Waals surface area (Å²) in [6.07, 6.45) is 2.68. The summed E-state index contributed by atoms with van der Waals surface area (Å²) in [6, 6.07) is 3.71. The molecule has 1 aliphatic rings. The molecule has 1 amide bonds. The molecule has 1 aliphatic heterocycles. The third-order valence-corrected chi connectivity index (χ3v) is 3.77. The topological polar surface area (TPSA) is 75.0 Å². The molecule has 1 fully saturated rings. The van der Waals surface area contributed by atoms with Crippen molar-refractivity contribution in [3.05, 3.63) is 35.5 Å². The minimum atomic E-state index is -0.0774. The van der Waals surface area contributed by atoms with Gasteiger partial charge in [-0.25, -0.2) is 0 Å². The van der Waals surface area contributed by atoms with Crippen molar-refractivity contribution < 1.29 is 9.32 Å². The van der Waals surface area contributed by atoms with Gasteiger partial charge in [-0.15, -0.1) is 0 Å². The molecular weight excluding hydrogens is 256 g/mol. The highest BCUT2D eigenvalue weighted by Gasteiger charge is 2.30. The highest BCUT2D eigenvalue weighted by Crippen LogP contribution is 2.27. The summed E-state index contributed by atoms with van der Waals surface area (Å²) in [5.74, 6) is 0.843. The Hall–Kier alpha value is -2.11. The van der Waals surface area contributed by atoms with Crippen molar-refractivity contribution in [3.8, 4) is 0 Å². The van der Waals surface area contributed by atoms with Crippen molar-refractivity contribution in [1.29, 1.82) is 0 Å². The molecule has 106 valence electrons. The Labute approximate surface area is 117 Å². The van der Waals surface area contributed by atoms with E-state index < -0.39 is 0 Å². The SMILES string of the molecule is CC(C)c1cc(C(=O)N2CC[C@H](c3ccn[nH]3)C2)on1. The number of rotatable bonds is 3. The molecule has 6 heteroatoms. The van der Waals surface area contributed by atoms with E-state index in [1.807, 2.05) is 24.8 Å². The number of amides is 1. The van der Waals surface area contributed by atoms with Gasteiger partial charge >= 0.3 is 0 Å². The largest absolute Gasteiger partial charge is 0.351 e. The van der Waals surface area contributed by atoms with Crippen LogP contribution in [0.1, 0.15) is 54.0 Å². The Balaban J connectivity index is 1.69. The average molecular weight is 274 g/mol. The van der Waals surface area contributed by atoms with Crippen LogP contribution in [-0.4, -0.2) is 39.3 Å². The zero-order valence-electron chi connectivity index (χ0n) is 11.7. The van der Waals surface area contributed by atoms with Crippen LogP contribution in [0.4, 0.5) is 0 Å². The van der Waals surface area contributed by atoms with Crippen LogP contribution in [0.2, 0.25) is 0 Å². The third-order valence-electron chi connectivity index (χ3n) is 3.77. The molecule has 1 N–H and O–H groups in total. The molecule has 0 saturated carbocycles. The van der Waals surface area contributed by atoms with Gasteiger partial charge < -0.3 is 9.42 Å². The normalized spacial score (nSPS) is 18.9. The highest BCUT2D eigenvalue weighted by atomic mass is 16.5. The van der Waals surface area contributed by atoms with Crippen molar-refractivity contribution in [2.45, 2.75) is 32.1 Å². The van der Waals surface area contributed by atoms with Crippen LogP contribution in [0.5, 0.6) is 0 Å². The number of aromatic amines is 1. The van der Waals surface area contributed by atoms with E-state index in [1.165, 1.54) is 0 Å². The van der Waals surface area contributed by atoms with Crippen molar-refractivity contribution >= 4 is 5.91 Å². The van der Waals surface area contributed by atoms with E-state index in [2.05, 4.69) is 15.4 Å². The van der Waals surface area contributed by atoms with E-state index in [0.717, 1.165) is 24.4 Å². The Kier molecular flexibility index (Phi) is 3.30. The van der Waals surface area contributed by atoms with Gasteiger partial charge in [-0.2, -0.15) is 5.10 Å². The fraction of sp³-hybridized carbons (Fsp3) is 0.500. The molecule has 3 heterocycles. The summed E-state index contributed by atoms with van der Waals surface area (Å²) >= 11 is 0. The molecule has 0 radical (unpaired) electrons. The second-order valence-corrected chi connectivity index (χ2v) is 5.52. The Morgan fingerprint density at radius 2 is 2.40 bits per heavy atom. The van der Waals surface area contributed by atoms with Crippen LogP contribution in [-0.2, 0) is 0 Å². The first-order valence-electron chi connectivity index (χ1n) is 6.90. The Bertz CT molecular complexity index is 588. The van der Waals surface area contributed by atoms with Crippen LogP contribution in [0.15, 0.2) is 22.9 Å². The van der Waals surface area contributed by atoms with Gasteiger partial charge in [0.15, 0.2) is 0 Å². The maximum atomic E-state index is 12.4. The van der Waals surface area contributed by atoms with Gasteiger partial charge in [-0.3, -0.25) is 9.89 Å². The number of nitrogens with zero attached hydrogens (tertiary/aromatic N) is 3. The minimum absolute atomic E-state index is 0.0774. The summed E-state index contributed by atoms with van der Waals surface area (Å²) < 4.78 is 5.16. The highest BCUT2D eigenvalue weighted by molar-refractivity contribution is 5.91. The van der Waals surface area contributed by atoms with E-state index >= 15 is 0 Å². The van der Waals surface area contributed by atoms with E-state index in [1.54, 1.807) is 12.3 Å². The molecule has 2 aromatic heterocycles. The maximum Gasteiger partial charge on any atom is 0.292 e. The zero-order valence-corrected chi connectivity index (χ0v) is 11.7. The molecule has 0 bridgehead atoms. The molecule has 1 saturated heterocycles. The van der Waals surface area contributed by atoms with Crippen molar-refractivity contribution in [3.63, 3.8) is 0 Å². The van der Waals surface area contributed by atoms with Crippen molar-refractivity contribution in [2.24, 2.45) is 0 Å². The van der Waals surface area contributed by atoms with E-state index in [4.69, 9.17) is 4.52 Å². The number of aromatic nitrogens is 3. The van der Waals surface area contributed by atoms with Gasteiger partial charge in [-0.05, 0) is 18.4 Å². The third kappa shape index (κ3) is 2.33. The summed E-state index contributed by atoms with van der Waals surface area (Å²) in [5.41, 5.74) is 1.90. The number of H-pyrrole nitrogens is 1. The van der Waals surface area contributed by atoms with Crippen LogP contribution < -0.4 is 0 Å². The smallest absolute Gasteiger partial charge is 0.292 e. The van der Waals surface area contributed by atoms with Gasteiger partial charge in [0, 0.05) is 37.0 Å². The molecule has 0 unspecified atom stereocenters. The predicted octanol–water partition coefficient (Wildman–Crippen LogP) is 2.15. The lowest BCUT2D eigenvalue weighted by Gasteiger charge is -2.13. The van der Waals surface area contributed by atoms with Gasteiger partial charge in [0.2, 0.25) is 5.76 Å². The lowest BCUT2D eigenvalue weighted by Crippen LogP contribution is -2.28. The molecule has 0 spiro atoms. The first-order chi connectivity index (χ1) is 9.65. The number of likely N-dealkylation sites (tertiary alicyclic amines) is 1. The molecule has 0 aromatic carbocycles. The zero-order chi connectivity index (χ0) is 14.1. The molecule has 2 aromatic rings. The van der Waals surface area contributed by atoms with Crippen LogP contribution in [0, 0.1) is 0 Å². The molecule has 0 aliphatic carbocycles. The van der Waals surface area contributed by atoms with Crippen LogP contribution in [0.25, 0.3) is 0 Å². The Morgan fingerprint density at radius 3 is 3.05 bits per heavy atom. The van der Waals surface area contributed by atoms with Crippen LogP contribution in [0.3, 0.4) is 0 Å². The van der Waals surface area contributed by atoms with E-state index in [-0.39, 0.29) is 11.8 Å². The molecule has 20 heavy (non-hydrogen) atoms. The summed E-state index contributed by atoms with van der Waals surface area (Å²) in [4.78, 5) is 14.2. The molecule has 6 nitrogen and oxygen atoms in total. The van der Waals surface area contributed by atoms with E-state index in [0.29, 0.717) is 18.2 Å². The monoisotopic (exact) mass is 274 g/mol. The number of carbonyl (C=O) groups is 1. The quantitative estimate of drug-likeness (QED) is 0.930. The summed E-state index contributed by atoms with van der Waals surface area (Å²) in [7, 11) is 0. The second-order valence-electron chi connectivity index (χ2n) is 5.52. The lowest BCUT2D eigenvalue weighted by atomic mass is 10.1. The van der Waals surface area contributed by atoms with Gasteiger partial charge in [0.1, 0.15) is 0 Å². The fourth-order valence-corrected chi connectivity index (χ4v) is 2.51. The Morgan fingerprint density at radius 1 is 1.55 bits per heavy atom. The van der Waals surface area contributed by atoms with Crippen molar-refractivity contribution in [1.82, 2.24) is 20.3 Å². The standard InChI is InChI=1S/C14H18N4O2/c1-9(2)12-7-13(20-17-12)14(19)18-6-4-10(8-18)11-3-5-15-16-11/h3,5,7,9-10H,4,6,8H2,1-2H3,(H,15,16)/t10-/m0/s1. The van der Waals surface area contributed by atoms with Crippen molar-refractivity contribution in [2.75, 3.05) is 13.1 Å². The number of hydrogen-bond donors (Lipinski definition) is 1. The summed E-state index contributed by atoms with van der Waals surface area (Å²) in [6.45, 7) is 5.48. The number of carbonyl (C=O) groups excluding carboxylic acids is 1. The fourth-order valence-electron chi connectivity index (χ4n) is 2.51. The number of hydrogen-bond acceptors (Lipinski definition) is 4. The van der Waals surface area contributed by atoms with E-state index in [9.17, 15) is 4.79 Å². The number of nitrogens with one attached hydrogen (secondary N) is 1. The predicted molar refractivity (Wildman–Crippen MR) is 72.4 cm³/mol. The average Bonchev–Trinajstić information content (AvgIpc) is 3.17. The van der Waals surface area contributed by atoms with Crippen LogP contribution >= 0.6 is 0 Å². The first kappa shape index (κ1) is 12.9. The minimum Gasteiger partial charge on any atom is -0.351 e. The first-order valence-corrected chi connectivity index (χ1v) is 6.90. The van der Waals surface area contributed by atoms with Gasteiger partial charge in [0.05, 0.1) is 5.69 Å². The maximum absolute atomic E-state index is 12.4. The molecular formula is C14H18N4O2. The second kappa shape index (κ2) is 5.11.